The van der Waals surface area contributed by atoms with E-state index in [2.05, 4.69) is 0 Å². The van der Waals surface area contributed by atoms with Gasteiger partial charge in [-0.3, -0.25) is 4.79 Å². The van der Waals surface area contributed by atoms with Crippen molar-refractivity contribution in [1.82, 2.24) is 4.90 Å². The Morgan fingerprint density at radius 3 is 2.62 bits per heavy atom. The van der Waals surface area contributed by atoms with Crippen molar-refractivity contribution in [3.8, 4) is 0 Å². The number of nitrogens with zero attached hydrogens (tertiary/aromatic N) is 1. The molecule has 0 saturated carbocycles. The first-order valence-electron chi connectivity index (χ1n) is 2.61. The lowest BCUT2D eigenvalue weighted by atomic mass is 10.4. The summed E-state index contributed by atoms with van der Waals surface area (Å²) in [4.78, 5) is 11.6. The van der Waals surface area contributed by atoms with Gasteiger partial charge in [-0.1, -0.05) is 0 Å². The predicted octanol–water partition coefficient (Wildman–Crippen LogP) is 0.534. The lowest BCUT2D eigenvalue weighted by Gasteiger charge is -2.09. The topological polar surface area (TPSA) is 20.3 Å². The fourth-order valence-corrected chi connectivity index (χ4v) is 0.769. The molecule has 2 nitrogen and oxygen atoms in total. The molecule has 8 heavy (non-hydrogen) atoms. The van der Waals surface area contributed by atoms with Gasteiger partial charge in [0, 0.05) is 19.9 Å². The summed E-state index contributed by atoms with van der Waals surface area (Å²) in [5, 5.41) is 0. The third-order valence-corrected chi connectivity index (χ3v) is 1.41. The van der Waals surface area contributed by atoms with Crippen molar-refractivity contribution in [3.63, 3.8) is 0 Å². The van der Waals surface area contributed by atoms with E-state index in [1.807, 2.05) is 0 Å². The molecule has 0 radical (unpaired) electrons. The summed E-state index contributed by atoms with van der Waals surface area (Å²) in [6, 6.07) is 0. The quantitative estimate of drug-likeness (QED) is 0.424. The zero-order valence-electron chi connectivity index (χ0n) is 4.72. The van der Waals surface area contributed by atoms with E-state index in [0.29, 0.717) is 12.8 Å². The van der Waals surface area contributed by atoms with Gasteiger partial charge in [-0.05, 0) is 0 Å². The molecule has 0 aliphatic carbocycles. The highest BCUT2D eigenvalue weighted by atomic mass is 19.1. The van der Waals surface area contributed by atoms with Gasteiger partial charge in [-0.2, -0.15) is 0 Å². The number of rotatable bonds is 0. The highest BCUT2D eigenvalue weighted by molar-refractivity contribution is 5.78. The zero-order chi connectivity index (χ0) is 6.15. The van der Waals surface area contributed by atoms with Crippen LogP contribution in [0.4, 0.5) is 4.39 Å². The number of likely N-dealkylation sites (tertiary alicyclic amines) is 1. The number of carbonyl (C=O) groups excluding carboxylic acids is 1. The predicted molar refractivity (Wildman–Crippen MR) is 26.9 cm³/mol. The summed E-state index contributed by atoms with van der Waals surface area (Å²) >= 11 is 0. The Labute approximate surface area is 47.3 Å². The number of alkyl halides is 1. The number of hydrogen-bond donors (Lipinski definition) is 0. The molecule has 1 amide bonds. The van der Waals surface area contributed by atoms with Gasteiger partial charge in [0.15, 0.2) is 6.30 Å². The number of hydrogen-bond acceptors (Lipinski definition) is 1. The van der Waals surface area contributed by atoms with Crippen molar-refractivity contribution < 1.29 is 9.18 Å². The molecule has 0 aromatic rings. The Bertz CT molecular complexity index is 115. The molecular weight excluding hydrogens is 109 g/mol. The van der Waals surface area contributed by atoms with E-state index < -0.39 is 6.30 Å². The average Bonchev–Trinajstić information content (AvgIpc) is 1.98. The number of carbonyl (C=O) groups is 1. The number of amides is 1. The van der Waals surface area contributed by atoms with Crippen LogP contribution in [0.25, 0.3) is 0 Å². The lowest BCUT2D eigenvalue weighted by molar-refractivity contribution is -0.129. The van der Waals surface area contributed by atoms with Gasteiger partial charge in [0.1, 0.15) is 0 Å². The van der Waals surface area contributed by atoms with Crippen molar-refractivity contribution in [2.75, 3.05) is 7.05 Å². The van der Waals surface area contributed by atoms with E-state index >= 15 is 0 Å². The Kier molecular flexibility index (Phi) is 1.19. The average molecular weight is 117 g/mol. The van der Waals surface area contributed by atoms with Crippen LogP contribution in [0, 0.1) is 0 Å². The van der Waals surface area contributed by atoms with Gasteiger partial charge in [-0.15, -0.1) is 0 Å². The molecule has 0 N–H and O–H groups in total. The SMILES string of the molecule is CN1C(=O)CCC1F. The van der Waals surface area contributed by atoms with Crippen molar-refractivity contribution in [2.45, 2.75) is 19.1 Å². The fraction of sp³-hybridized carbons (Fsp3) is 0.800. The normalized spacial score (nSPS) is 29.5. The van der Waals surface area contributed by atoms with E-state index in [1.54, 1.807) is 0 Å². The Hall–Kier alpha value is -0.600. The summed E-state index contributed by atoms with van der Waals surface area (Å²) in [6.45, 7) is 0. The Balaban J connectivity index is 2.56. The third kappa shape index (κ3) is 0.680. The van der Waals surface area contributed by atoms with Gasteiger partial charge in [-0.25, -0.2) is 4.39 Å². The van der Waals surface area contributed by atoms with Crippen molar-refractivity contribution in [3.05, 3.63) is 0 Å². The van der Waals surface area contributed by atoms with E-state index in [1.165, 1.54) is 7.05 Å². The van der Waals surface area contributed by atoms with Crippen LogP contribution in [0.1, 0.15) is 12.8 Å². The van der Waals surface area contributed by atoms with Crippen LogP contribution in [-0.2, 0) is 4.79 Å². The highest BCUT2D eigenvalue weighted by Crippen LogP contribution is 2.16. The van der Waals surface area contributed by atoms with Crippen LogP contribution in [0.3, 0.4) is 0 Å². The molecule has 1 fully saturated rings. The maximum absolute atomic E-state index is 12.3. The maximum Gasteiger partial charge on any atom is 0.224 e. The summed E-state index contributed by atoms with van der Waals surface area (Å²) in [7, 11) is 1.49. The minimum Gasteiger partial charge on any atom is -0.316 e. The molecule has 46 valence electrons. The van der Waals surface area contributed by atoms with Crippen LogP contribution in [0.5, 0.6) is 0 Å². The molecule has 1 rings (SSSR count). The largest absolute Gasteiger partial charge is 0.316 e. The van der Waals surface area contributed by atoms with Crippen molar-refractivity contribution >= 4 is 5.91 Å². The minimum absolute atomic E-state index is 0.0856. The summed E-state index contributed by atoms with van der Waals surface area (Å²) < 4.78 is 12.3. The Morgan fingerprint density at radius 1 is 1.88 bits per heavy atom. The molecule has 1 atom stereocenters. The van der Waals surface area contributed by atoms with E-state index in [-0.39, 0.29) is 5.91 Å². The molecule has 0 bridgehead atoms. The summed E-state index contributed by atoms with van der Waals surface area (Å²) in [5.41, 5.74) is 0. The first kappa shape index (κ1) is 5.54. The van der Waals surface area contributed by atoms with Gasteiger partial charge < -0.3 is 4.90 Å². The molecule has 3 heteroatoms. The van der Waals surface area contributed by atoms with Gasteiger partial charge >= 0.3 is 0 Å². The second-order valence-electron chi connectivity index (χ2n) is 1.98. The number of halogens is 1. The molecule has 1 heterocycles. The van der Waals surface area contributed by atoms with Crippen LogP contribution >= 0.6 is 0 Å². The second-order valence-corrected chi connectivity index (χ2v) is 1.98. The van der Waals surface area contributed by atoms with Gasteiger partial charge in [0.2, 0.25) is 5.91 Å². The third-order valence-electron chi connectivity index (χ3n) is 1.41. The Morgan fingerprint density at radius 2 is 2.50 bits per heavy atom. The molecule has 1 aliphatic rings. The van der Waals surface area contributed by atoms with E-state index in [0.717, 1.165) is 4.90 Å². The van der Waals surface area contributed by atoms with E-state index in [9.17, 15) is 9.18 Å². The maximum atomic E-state index is 12.3. The molecule has 1 unspecified atom stereocenters. The fourth-order valence-electron chi connectivity index (χ4n) is 0.769. The monoisotopic (exact) mass is 117 g/mol. The molecule has 1 aliphatic heterocycles. The second kappa shape index (κ2) is 1.73. The minimum atomic E-state index is -1.03. The van der Waals surface area contributed by atoms with E-state index in [4.69, 9.17) is 0 Å². The highest BCUT2D eigenvalue weighted by Gasteiger charge is 2.26. The van der Waals surface area contributed by atoms with Gasteiger partial charge in [0.05, 0.1) is 0 Å². The lowest BCUT2D eigenvalue weighted by Crippen LogP contribution is -2.24. The first-order valence-corrected chi connectivity index (χ1v) is 2.61. The molecular formula is C5H8FNO. The first-order chi connectivity index (χ1) is 3.72. The van der Waals surface area contributed by atoms with Crippen molar-refractivity contribution in [2.24, 2.45) is 0 Å². The smallest absolute Gasteiger partial charge is 0.224 e. The van der Waals surface area contributed by atoms with Crippen LogP contribution < -0.4 is 0 Å². The summed E-state index contributed by atoms with van der Waals surface area (Å²) in [6.07, 6.45) is -0.282. The molecule has 0 aromatic heterocycles. The molecule has 0 aromatic carbocycles. The van der Waals surface area contributed by atoms with Crippen LogP contribution in [0.2, 0.25) is 0 Å². The molecule has 1 saturated heterocycles. The van der Waals surface area contributed by atoms with Crippen LogP contribution in [0.15, 0.2) is 0 Å². The van der Waals surface area contributed by atoms with Gasteiger partial charge in [0.25, 0.3) is 0 Å². The van der Waals surface area contributed by atoms with Crippen molar-refractivity contribution in [1.29, 1.82) is 0 Å². The summed E-state index contributed by atoms with van der Waals surface area (Å²) in [5.74, 6) is -0.0856. The zero-order valence-corrected chi connectivity index (χ0v) is 4.72. The van der Waals surface area contributed by atoms with Crippen LogP contribution in [-0.4, -0.2) is 24.2 Å². The molecule has 0 spiro atoms. The standard InChI is InChI=1S/C5H8FNO/c1-7-4(6)2-3-5(7)8/h4H,2-3H2,1H3.